The zero-order valence-electron chi connectivity index (χ0n) is 13.6. The van der Waals surface area contributed by atoms with Crippen LogP contribution in [0.4, 0.5) is 0 Å². The summed E-state index contributed by atoms with van der Waals surface area (Å²) in [5.74, 6) is 0.477. The molecule has 3 heterocycles. The summed E-state index contributed by atoms with van der Waals surface area (Å²) in [5.41, 5.74) is 0.781. The minimum absolute atomic E-state index is 0.0182. The largest absolute Gasteiger partial charge is 0.451 e. The van der Waals surface area contributed by atoms with E-state index in [-0.39, 0.29) is 5.91 Å². The molecule has 2 aliphatic heterocycles. The molecule has 2 aromatic rings. The Kier molecular flexibility index (Phi) is 3.83. The van der Waals surface area contributed by atoms with Crippen molar-refractivity contribution in [2.75, 3.05) is 45.8 Å². The van der Waals surface area contributed by atoms with Crippen molar-refractivity contribution in [3.8, 4) is 0 Å². The number of benzene rings is 1. The summed E-state index contributed by atoms with van der Waals surface area (Å²) in [6, 6.07) is 10.1. The van der Waals surface area contributed by atoms with Crippen LogP contribution in [0.1, 0.15) is 17.5 Å². The highest BCUT2D eigenvalue weighted by Gasteiger charge is 2.37. The number of nitrogens with zero attached hydrogens (tertiary/aromatic N) is 3. The Balaban J connectivity index is 1.35. The van der Waals surface area contributed by atoms with Crippen LogP contribution in [0.25, 0.3) is 11.0 Å². The average Bonchev–Trinajstić information content (AvgIpc) is 2.98. The fraction of sp³-hybridized carbons (Fsp3) is 0.500. The first kappa shape index (κ1) is 14.7. The molecule has 0 aliphatic carbocycles. The molecule has 0 saturated carbocycles. The quantitative estimate of drug-likeness (QED) is 0.868. The summed E-state index contributed by atoms with van der Waals surface area (Å²) in [4.78, 5) is 19.4. The lowest BCUT2D eigenvalue weighted by atomic mass is 10.1. The number of likely N-dealkylation sites (N-methyl/N-ethyl adjacent to an activating group) is 1. The molecule has 1 amide bonds. The van der Waals surface area contributed by atoms with Crippen molar-refractivity contribution in [3.05, 3.63) is 36.1 Å². The van der Waals surface area contributed by atoms with Gasteiger partial charge in [-0.05, 0) is 18.7 Å². The monoisotopic (exact) mass is 313 g/mol. The molecule has 0 atom stereocenters. The van der Waals surface area contributed by atoms with Gasteiger partial charge >= 0.3 is 0 Å². The number of piperazine rings is 1. The molecule has 2 fully saturated rings. The number of hydrogen-bond donors (Lipinski definition) is 0. The molecular weight excluding hydrogens is 290 g/mol. The number of amides is 1. The number of furan rings is 1. The van der Waals surface area contributed by atoms with Crippen LogP contribution in [0, 0.1) is 0 Å². The zero-order valence-corrected chi connectivity index (χ0v) is 13.6. The third-order valence-electron chi connectivity index (χ3n) is 5.16. The maximum absolute atomic E-state index is 12.5. The third kappa shape index (κ3) is 2.75. The molecule has 1 aromatic heterocycles. The Morgan fingerprint density at radius 1 is 1.17 bits per heavy atom. The van der Waals surface area contributed by atoms with E-state index >= 15 is 0 Å². The molecule has 0 N–H and O–H groups in total. The van der Waals surface area contributed by atoms with Crippen LogP contribution in [0.15, 0.2) is 34.7 Å². The lowest BCUT2D eigenvalue weighted by Gasteiger charge is -2.47. The van der Waals surface area contributed by atoms with Gasteiger partial charge in [0, 0.05) is 50.7 Å². The molecule has 23 heavy (non-hydrogen) atoms. The van der Waals surface area contributed by atoms with E-state index in [4.69, 9.17) is 4.42 Å². The molecule has 2 aliphatic rings. The summed E-state index contributed by atoms with van der Waals surface area (Å²) >= 11 is 0. The number of carbonyl (C=O) groups excluding carboxylic acids is 1. The molecule has 1 aromatic carbocycles. The van der Waals surface area contributed by atoms with E-state index < -0.39 is 0 Å². The normalized spacial score (nSPS) is 20.8. The second kappa shape index (κ2) is 5.98. The molecule has 0 unspecified atom stereocenters. The summed E-state index contributed by atoms with van der Waals surface area (Å²) in [6.07, 6.45) is 0. The molecular formula is C18H23N3O2. The van der Waals surface area contributed by atoms with Gasteiger partial charge in [-0.1, -0.05) is 25.1 Å². The number of para-hydroxylation sites is 1. The Hall–Kier alpha value is -1.85. The Morgan fingerprint density at radius 2 is 1.91 bits per heavy atom. The number of hydrogen-bond acceptors (Lipinski definition) is 4. The van der Waals surface area contributed by atoms with Gasteiger partial charge in [-0.2, -0.15) is 0 Å². The summed E-state index contributed by atoms with van der Waals surface area (Å²) in [7, 11) is 0. The first-order chi connectivity index (χ1) is 11.2. The van der Waals surface area contributed by atoms with E-state index in [1.807, 2.05) is 35.2 Å². The first-order valence-corrected chi connectivity index (χ1v) is 8.49. The van der Waals surface area contributed by atoms with Gasteiger partial charge in [0.15, 0.2) is 5.76 Å². The lowest BCUT2D eigenvalue weighted by Crippen LogP contribution is -2.64. The van der Waals surface area contributed by atoms with Crippen molar-refractivity contribution in [2.45, 2.75) is 13.0 Å². The Bertz CT molecular complexity index is 664. The van der Waals surface area contributed by atoms with Crippen LogP contribution in [-0.4, -0.2) is 72.5 Å². The zero-order chi connectivity index (χ0) is 15.8. The average molecular weight is 313 g/mol. The van der Waals surface area contributed by atoms with Crippen LogP contribution < -0.4 is 0 Å². The summed E-state index contributed by atoms with van der Waals surface area (Å²) in [6.45, 7) is 9.51. The van der Waals surface area contributed by atoms with Gasteiger partial charge in [-0.3, -0.25) is 9.69 Å². The standard InChI is InChI=1S/C18H23N3O2/c1-2-19-7-9-20(10-8-19)15-12-21(13-15)18(22)17-11-14-5-3-4-6-16(14)23-17/h3-6,11,15H,2,7-10,12-13H2,1H3. The fourth-order valence-corrected chi connectivity index (χ4v) is 3.54. The van der Waals surface area contributed by atoms with Gasteiger partial charge in [-0.15, -0.1) is 0 Å². The van der Waals surface area contributed by atoms with E-state index in [2.05, 4.69) is 16.7 Å². The van der Waals surface area contributed by atoms with Crippen molar-refractivity contribution >= 4 is 16.9 Å². The van der Waals surface area contributed by atoms with Crippen molar-refractivity contribution < 1.29 is 9.21 Å². The summed E-state index contributed by atoms with van der Waals surface area (Å²) < 4.78 is 5.68. The van der Waals surface area contributed by atoms with Crippen LogP contribution in [0.2, 0.25) is 0 Å². The van der Waals surface area contributed by atoms with Crippen molar-refractivity contribution in [1.29, 1.82) is 0 Å². The van der Waals surface area contributed by atoms with Gasteiger partial charge < -0.3 is 14.2 Å². The van der Waals surface area contributed by atoms with Crippen LogP contribution >= 0.6 is 0 Å². The van der Waals surface area contributed by atoms with Gasteiger partial charge in [0.2, 0.25) is 0 Å². The van der Waals surface area contributed by atoms with Gasteiger partial charge in [0.1, 0.15) is 5.58 Å². The van der Waals surface area contributed by atoms with Gasteiger partial charge in [-0.25, -0.2) is 0 Å². The second-order valence-corrected chi connectivity index (χ2v) is 6.48. The fourth-order valence-electron chi connectivity index (χ4n) is 3.54. The number of fused-ring (bicyclic) bond motifs is 1. The molecule has 4 rings (SSSR count). The van der Waals surface area contributed by atoms with Crippen LogP contribution in [0.3, 0.4) is 0 Å². The minimum Gasteiger partial charge on any atom is -0.451 e. The SMILES string of the molecule is CCN1CCN(C2CN(C(=O)c3cc4ccccc4o3)C2)CC1. The minimum atomic E-state index is 0.0182. The lowest BCUT2D eigenvalue weighted by molar-refractivity contribution is 0.00684. The van der Waals surface area contributed by atoms with E-state index in [1.54, 1.807) is 0 Å². The molecule has 0 radical (unpaired) electrons. The third-order valence-corrected chi connectivity index (χ3v) is 5.16. The molecule has 0 bridgehead atoms. The number of likely N-dealkylation sites (tertiary alicyclic amines) is 1. The Labute approximate surface area is 136 Å². The predicted octanol–water partition coefficient (Wildman–Crippen LogP) is 1.89. The molecule has 122 valence electrons. The Morgan fingerprint density at radius 3 is 2.61 bits per heavy atom. The first-order valence-electron chi connectivity index (χ1n) is 8.49. The highest BCUT2D eigenvalue weighted by atomic mass is 16.3. The van der Waals surface area contributed by atoms with Crippen molar-refractivity contribution in [3.63, 3.8) is 0 Å². The maximum Gasteiger partial charge on any atom is 0.289 e. The highest BCUT2D eigenvalue weighted by molar-refractivity contribution is 5.96. The molecule has 5 heteroatoms. The van der Waals surface area contributed by atoms with E-state index in [0.29, 0.717) is 11.8 Å². The van der Waals surface area contributed by atoms with E-state index in [0.717, 1.165) is 56.8 Å². The smallest absolute Gasteiger partial charge is 0.289 e. The second-order valence-electron chi connectivity index (χ2n) is 6.48. The highest BCUT2D eigenvalue weighted by Crippen LogP contribution is 2.23. The van der Waals surface area contributed by atoms with E-state index in [9.17, 15) is 4.79 Å². The van der Waals surface area contributed by atoms with E-state index in [1.165, 1.54) is 0 Å². The van der Waals surface area contributed by atoms with Crippen LogP contribution in [-0.2, 0) is 0 Å². The van der Waals surface area contributed by atoms with Crippen molar-refractivity contribution in [1.82, 2.24) is 14.7 Å². The summed E-state index contributed by atoms with van der Waals surface area (Å²) in [5, 5.41) is 0.989. The number of carbonyl (C=O) groups is 1. The van der Waals surface area contributed by atoms with Crippen molar-refractivity contribution in [2.24, 2.45) is 0 Å². The molecule has 2 saturated heterocycles. The molecule has 0 spiro atoms. The molecule has 5 nitrogen and oxygen atoms in total. The maximum atomic E-state index is 12.5. The van der Waals surface area contributed by atoms with Gasteiger partial charge in [0.05, 0.1) is 0 Å². The number of rotatable bonds is 3. The van der Waals surface area contributed by atoms with Gasteiger partial charge in [0.25, 0.3) is 5.91 Å². The topological polar surface area (TPSA) is 39.9 Å². The predicted molar refractivity (Wildman–Crippen MR) is 89.6 cm³/mol. The van der Waals surface area contributed by atoms with Crippen LogP contribution in [0.5, 0.6) is 0 Å².